The van der Waals surface area contributed by atoms with E-state index in [9.17, 15) is 0 Å². The predicted molar refractivity (Wildman–Crippen MR) is 191 cm³/mol. The summed E-state index contributed by atoms with van der Waals surface area (Å²) in [5, 5.41) is 0. The van der Waals surface area contributed by atoms with Gasteiger partial charge in [0.2, 0.25) is 5.90 Å². The molecule has 0 bridgehead atoms. The fraction of sp³-hybridized carbons (Fsp3) is 0.293. The second kappa shape index (κ2) is 11.7. The van der Waals surface area contributed by atoms with Crippen LogP contribution in [0.2, 0.25) is 0 Å². The topological polar surface area (TPSA) is 59.8 Å². The van der Waals surface area contributed by atoms with Gasteiger partial charge in [-0.05, 0) is 82.6 Å². The minimum atomic E-state index is -0.223. The average Bonchev–Trinajstić information content (AvgIpc) is 3.56. The van der Waals surface area contributed by atoms with E-state index in [0.29, 0.717) is 24.2 Å². The first-order valence-electron chi connectivity index (χ1n) is 16.4. The molecule has 0 spiro atoms. The fourth-order valence-corrected chi connectivity index (χ4v) is 6.50. The molecule has 238 valence electrons. The van der Waals surface area contributed by atoms with Crippen LogP contribution in [-0.2, 0) is 15.6 Å². The third-order valence-corrected chi connectivity index (χ3v) is 9.34. The number of ether oxygens (including phenoxy) is 2. The second-order valence-corrected chi connectivity index (χ2v) is 14.4. The highest BCUT2D eigenvalue weighted by atomic mass is 16.5. The van der Waals surface area contributed by atoms with E-state index in [-0.39, 0.29) is 16.9 Å². The van der Waals surface area contributed by atoms with Crippen LogP contribution in [0.4, 0.5) is 17.2 Å². The SMILES string of the molecule is CC(C)[C@@H]1COC(c2cc(Oc3ccc4c(c3)N(c3cc(C(C)(C)C)ccn3)c3ccccc3C4(C)C)cc(-c3ccccn3)c2)=N1. The number of para-hydroxylation sites is 1. The minimum absolute atomic E-state index is 0.0150. The van der Waals surface area contributed by atoms with Gasteiger partial charge in [0.15, 0.2) is 0 Å². The van der Waals surface area contributed by atoms with E-state index in [0.717, 1.165) is 39.8 Å². The maximum absolute atomic E-state index is 6.71. The summed E-state index contributed by atoms with van der Waals surface area (Å²) in [6.45, 7) is 16.2. The molecule has 47 heavy (non-hydrogen) atoms. The highest BCUT2D eigenvalue weighted by molar-refractivity contribution is 5.97. The summed E-state index contributed by atoms with van der Waals surface area (Å²) in [5.41, 5.74) is 8.31. The Morgan fingerprint density at radius 1 is 0.787 bits per heavy atom. The zero-order valence-corrected chi connectivity index (χ0v) is 28.3. The molecule has 0 saturated heterocycles. The molecule has 7 rings (SSSR count). The molecule has 0 unspecified atom stereocenters. The Bertz CT molecular complexity index is 1970. The van der Waals surface area contributed by atoms with Gasteiger partial charge in [-0.3, -0.25) is 9.88 Å². The van der Waals surface area contributed by atoms with Gasteiger partial charge in [0.25, 0.3) is 0 Å². The molecule has 0 saturated carbocycles. The van der Waals surface area contributed by atoms with Gasteiger partial charge in [-0.15, -0.1) is 0 Å². The van der Waals surface area contributed by atoms with Gasteiger partial charge in [0, 0.05) is 35.0 Å². The molecule has 1 atom stereocenters. The van der Waals surface area contributed by atoms with E-state index in [2.05, 4.69) is 119 Å². The van der Waals surface area contributed by atoms with Gasteiger partial charge in [-0.2, -0.15) is 0 Å². The Morgan fingerprint density at radius 2 is 1.55 bits per heavy atom. The zero-order chi connectivity index (χ0) is 32.9. The molecule has 2 aromatic heterocycles. The number of hydrogen-bond acceptors (Lipinski definition) is 6. The highest BCUT2D eigenvalue weighted by Gasteiger charge is 2.37. The van der Waals surface area contributed by atoms with Gasteiger partial charge < -0.3 is 9.47 Å². The van der Waals surface area contributed by atoms with Gasteiger partial charge >= 0.3 is 0 Å². The predicted octanol–water partition coefficient (Wildman–Crippen LogP) is 10.1. The van der Waals surface area contributed by atoms with Crippen LogP contribution >= 0.6 is 0 Å². The van der Waals surface area contributed by atoms with Gasteiger partial charge in [0.05, 0.1) is 23.1 Å². The van der Waals surface area contributed by atoms with Crippen molar-refractivity contribution in [3.05, 3.63) is 126 Å². The maximum Gasteiger partial charge on any atom is 0.216 e. The number of fused-ring (bicyclic) bond motifs is 2. The summed E-state index contributed by atoms with van der Waals surface area (Å²) in [7, 11) is 0. The van der Waals surface area contributed by atoms with Crippen LogP contribution in [0.1, 0.15) is 70.7 Å². The van der Waals surface area contributed by atoms with E-state index in [4.69, 9.17) is 19.5 Å². The van der Waals surface area contributed by atoms with E-state index in [1.807, 2.05) is 36.5 Å². The lowest BCUT2D eigenvalue weighted by Crippen LogP contribution is -2.31. The van der Waals surface area contributed by atoms with Crippen molar-refractivity contribution in [3.8, 4) is 22.8 Å². The summed E-state index contributed by atoms with van der Waals surface area (Å²) >= 11 is 0. The van der Waals surface area contributed by atoms with Crippen LogP contribution in [0.5, 0.6) is 11.5 Å². The summed E-state index contributed by atoms with van der Waals surface area (Å²) in [4.78, 5) is 16.7. The second-order valence-electron chi connectivity index (χ2n) is 14.4. The van der Waals surface area contributed by atoms with Crippen LogP contribution in [0, 0.1) is 5.92 Å². The molecule has 2 aliphatic heterocycles. The molecule has 6 heteroatoms. The monoisotopic (exact) mass is 622 g/mol. The van der Waals surface area contributed by atoms with Crippen molar-refractivity contribution in [3.63, 3.8) is 0 Å². The normalized spacial score (nSPS) is 16.7. The van der Waals surface area contributed by atoms with Crippen LogP contribution in [-0.4, -0.2) is 28.5 Å². The van der Waals surface area contributed by atoms with E-state index < -0.39 is 0 Å². The Hall–Kier alpha value is -4.97. The Morgan fingerprint density at radius 3 is 2.30 bits per heavy atom. The molecule has 0 N–H and O–H groups in total. The molecule has 0 aliphatic carbocycles. The van der Waals surface area contributed by atoms with Crippen molar-refractivity contribution in [2.45, 2.75) is 65.3 Å². The third kappa shape index (κ3) is 5.78. The van der Waals surface area contributed by atoms with Crippen LogP contribution in [0.3, 0.4) is 0 Å². The minimum Gasteiger partial charge on any atom is -0.475 e. The van der Waals surface area contributed by atoms with Crippen molar-refractivity contribution < 1.29 is 9.47 Å². The summed E-state index contributed by atoms with van der Waals surface area (Å²) < 4.78 is 12.8. The van der Waals surface area contributed by atoms with Crippen LogP contribution in [0.15, 0.2) is 108 Å². The van der Waals surface area contributed by atoms with E-state index in [1.54, 1.807) is 6.20 Å². The molecular weight excluding hydrogens is 580 g/mol. The quantitative estimate of drug-likeness (QED) is 0.189. The lowest BCUT2D eigenvalue weighted by atomic mass is 9.73. The van der Waals surface area contributed by atoms with Crippen molar-refractivity contribution in [2.24, 2.45) is 10.9 Å². The lowest BCUT2D eigenvalue weighted by Gasteiger charge is -2.41. The molecule has 6 nitrogen and oxygen atoms in total. The zero-order valence-electron chi connectivity index (χ0n) is 28.3. The Kier molecular flexibility index (Phi) is 7.62. The van der Waals surface area contributed by atoms with Crippen molar-refractivity contribution in [2.75, 3.05) is 11.5 Å². The number of nitrogens with zero attached hydrogens (tertiary/aromatic N) is 4. The first-order chi connectivity index (χ1) is 22.5. The molecule has 0 fully saturated rings. The van der Waals surface area contributed by atoms with E-state index >= 15 is 0 Å². The van der Waals surface area contributed by atoms with Crippen molar-refractivity contribution >= 4 is 23.1 Å². The molecular formula is C41H42N4O2. The highest BCUT2D eigenvalue weighted by Crippen LogP contribution is 2.52. The smallest absolute Gasteiger partial charge is 0.216 e. The average molecular weight is 623 g/mol. The van der Waals surface area contributed by atoms with Crippen LogP contribution < -0.4 is 9.64 Å². The molecule has 2 aliphatic rings. The molecule has 3 aromatic carbocycles. The number of anilines is 3. The number of rotatable bonds is 6. The number of aliphatic imine (C=N–C) groups is 1. The molecule has 0 amide bonds. The Balaban J connectivity index is 1.34. The number of pyridine rings is 2. The molecule has 0 radical (unpaired) electrons. The van der Waals surface area contributed by atoms with Gasteiger partial charge in [-0.25, -0.2) is 9.98 Å². The van der Waals surface area contributed by atoms with Crippen LogP contribution in [0.25, 0.3) is 11.3 Å². The molecule has 4 heterocycles. The number of hydrogen-bond donors (Lipinski definition) is 0. The first kappa shape index (κ1) is 30.7. The number of aromatic nitrogens is 2. The third-order valence-electron chi connectivity index (χ3n) is 9.34. The summed E-state index contributed by atoms with van der Waals surface area (Å²) in [6.07, 6.45) is 3.72. The Labute approximate surface area is 278 Å². The van der Waals surface area contributed by atoms with Gasteiger partial charge in [-0.1, -0.05) is 78.8 Å². The fourth-order valence-electron chi connectivity index (χ4n) is 6.50. The van der Waals surface area contributed by atoms with Crippen molar-refractivity contribution in [1.82, 2.24) is 9.97 Å². The summed E-state index contributed by atoms with van der Waals surface area (Å²) in [6, 6.07) is 31.5. The molecule has 5 aromatic rings. The van der Waals surface area contributed by atoms with Crippen molar-refractivity contribution in [1.29, 1.82) is 0 Å². The maximum atomic E-state index is 6.71. The first-order valence-corrected chi connectivity index (χ1v) is 16.4. The van der Waals surface area contributed by atoms with Gasteiger partial charge in [0.1, 0.15) is 23.9 Å². The number of benzene rings is 3. The standard InChI is InChI=1S/C41H42N4O2/c1-26(2)35-25-46-39(44-35)28-20-27(34-13-10-11-18-42-34)21-31(22-28)47-30-15-16-33-37(24-30)45(36-14-9-8-12-32(36)41(33,6)7)38-23-29(17-19-43-38)40(3,4)5/h8-24,26,35H,25H2,1-7H3/t35-/m0/s1. The largest absolute Gasteiger partial charge is 0.475 e. The van der Waals surface area contributed by atoms with E-state index in [1.165, 1.54) is 16.7 Å². The summed E-state index contributed by atoms with van der Waals surface area (Å²) in [5.74, 6) is 3.35. The lowest BCUT2D eigenvalue weighted by molar-refractivity contribution is 0.292.